The van der Waals surface area contributed by atoms with Crippen LogP contribution < -0.4 is 5.32 Å². The molecule has 1 N–H and O–H groups in total. The molecule has 3 aromatic rings. The van der Waals surface area contributed by atoms with Crippen molar-refractivity contribution in [1.29, 1.82) is 0 Å². The topological polar surface area (TPSA) is 67.2 Å². The van der Waals surface area contributed by atoms with E-state index in [1.54, 1.807) is 55.3 Å². The van der Waals surface area contributed by atoms with Crippen molar-refractivity contribution in [3.8, 4) is 5.69 Å². The van der Waals surface area contributed by atoms with Crippen LogP contribution in [0, 0.1) is 6.92 Å². The van der Waals surface area contributed by atoms with Crippen molar-refractivity contribution in [3.63, 3.8) is 0 Å². The predicted molar refractivity (Wildman–Crippen MR) is 101 cm³/mol. The molecule has 0 aliphatic heterocycles. The van der Waals surface area contributed by atoms with Gasteiger partial charge < -0.3 is 10.2 Å². The Morgan fingerprint density at radius 2 is 1.77 bits per heavy atom. The van der Waals surface area contributed by atoms with E-state index in [1.165, 1.54) is 4.90 Å². The van der Waals surface area contributed by atoms with E-state index >= 15 is 0 Å². The molecule has 6 nitrogen and oxygen atoms in total. The summed E-state index contributed by atoms with van der Waals surface area (Å²) in [6, 6.07) is 14.3. The van der Waals surface area contributed by atoms with E-state index in [0.29, 0.717) is 16.8 Å². The molecule has 2 aromatic carbocycles. The molecule has 0 saturated heterocycles. The lowest BCUT2D eigenvalue weighted by Gasteiger charge is -2.15. The highest BCUT2D eigenvalue weighted by Gasteiger charge is 2.15. The number of aromatic nitrogens is 2. The van der Waals surface area contributed by atoms with E-state index < -0.39 is 0 Å². The molecule has 0 fully saturated rings. The predicted octanol–water partition coefficient (Wildman–Crippen LogP) is 3.13. The summed E-state index contributed by atoms with van der Waals surface area (Å²) in [5, 5.41) is 7.04. The average molecular weight is 348 g/mol. The Balaban J connectivity index is 1.80. The number of nitrogens with one attached hydrogen (secondary N) is 1. The van der Waals surface area contributed by atoms with Gasteiger partial charge in [0.05, 0.1) is 5.69 Å². The molecule has 0 spiro atoms. The van der Waals surface area contributed by atoms with Crippen LogP contribution in [0.1, 0.15) is 26.3 Å². The molecule has 0 bridgehead atoms. The van der Waals surface area contributed by atoms with Gasteiger partial charge in [-0.15, -0.1) is 0 Å². The van der Waals surface area contributed by atoms with Crippen molar-refractivity contribution in [1.82, 2.24) is 14.7 Å². The van der Waals surface area contributed by atoms with Gasteiger partial charge in [0, 0.05) is 43.3 Å². The van der Waals surface area contributed by atoms with Crippen LogP contribution >= 0.6 is 0 Å². The van der Waals surface area contributed by atoms with Gasteiger partial charge in [0.1, 0.15) is 0 Å². The van der Waals surface area contributed by atoms with E-state index in [-0.39, 0.29) is 11.8 Å². The smallest absolute Gasteiger partial charge is 0.255 e. The van der Waals surface area contributed by atoms with E-state index in [4.69, 9.17) is 0 Å². The van der Waals surface area contributed by atoms with Gasteiger partial charge in [-0.05, 0) is 55.0 Å². The number of amides is 2. The lowest BCUT2D eigenvalue weighted by molar-refractivity contribution is 0.0826. The SMILES string of the molecule is Cc1c(NC(=O)c2ccc(-n3cccn3)cc2)cccc1C(=O)N(C)C. The van der Waals surface area contributed by atoms with E-state index in [0.717, 1.165) is 11.3 Å². The standard InChI is InChI=1S/C20H20N4O2/c1-14-17(20(26)23(2)3)6-4-7-18(14)22-19(25)15-8-10-16(11-9-15)24-13-5-12-21-24/h4-13H,1-3H3,(H,22,25). The van der Waals surface area contributed by atoms with Gasteiger partial charge in [-0.3, -0.25) is 9.59 Å². The van der Waals surface area contributed by atoms with Crippen LogP contribution in [-0.4, -0.2) is 40.6 Å². The van der Waals surface area contributed by atoms with E-state index in [2.05, 4.69) is 10.4 Å². The molecule has 1 heterocycles. The van der Waals surface area contributed by atoms with Crippen molar-refractivity contribution in [3.05, 3.63) is 77.6 Å². The average Bonchev–Trinajstić information content (AvgIpc) is 3.17. The number of hydrogen-bond acceptors (Lipinski definition) is 3. The first-order valence-electron chi connectivity index (χ1n) is 8.20. The maximum Gasteiger partial charge on any atom is 0.255 e. The summed E-state index contributed by atoms with van der Waals surface area (Å²) in [5.74, 6) is -0.322. The molecule has 3 rings (SSSR count). The van der Waals surface area contributed by atoms with Gasteiger partial charge in [-0.25, -0.2) is 4.68 Å². The number of benzene rings is 2. The third-order valence-electron chi connectivity index (χ3n) is 4.12. The highest BCUT2D eigenvalue weighted by atomic mass is 16.2. The van der Waals surface area contributed by atoms with Crippen LogP contribution in [0.25, 0.3) is 5.69 Å². The van der Waals surface area contributed by atoms with E-state index in [1.807, 2.05) is 31.3 Å². The van der Waals surface area contributed by atoms with Gasteiger partial charge >= 0.3 is 0 Å². The molecule has 1 aromatic heterocycles. The maximum atomic E-state index is 12.6. The number of hydrogen-bond donors (Lipinski definition) is 1. The van der Waals surface area contributed by atoms with E-state index in [9.17, 15) is 9.59 Å². The minimum Gasteiger partial charge on any atom is -0.345 e. The van der Waals surface area contributed by atoms with Gasteiger partial charge in [0.25, 0.3) is 11.8 Å². The number of carbonyl (C=O) groups is 2. The van der Waals surface area contributed by atoms with Crippen molar-refractivity contribution in [2.45, 2.75) is 6.92 Å². The van der Waals surface area contributed by atoms with Crippen LogP contribution in [-0.2, 0) is 0 Å². The molecule has 132 valence electrons. The molecular weight excluding hydrogens is 328 g/mol. The fourth-order valence-corrected chi connectivity index (χ4v) is 2.63. The van der Waals surface area contributed by atoms with Gasteiger partial charge in [0.15, 0.2) is 0 Å². The first kappa shape index (κ1) is 17.4. The fourth-order valence-electron chi connectivity index (χ4n) is 2.63. The fraction of sp³-hybridized carbons (Fsp3) is 0.150. The third kappa shape index (κ3) is 3.49. The molecule has 0 unspecified atom stereocenters. The zero-order valence-corrected chi connectivity index (χ0v) is 14.9. The minimum absolute atomic E-state index is 0.0952. The number of anilines is 1. The molecule has 2 amide bonds. The zero-order chi connectivity index (χ0) is 18.7. The summed E-state index contributed by atoms with van der Waals surface area (Å²) in [5.41, 5.74) is 3.35. The number of nitrogens with zero attached hydrogens (tertiary/aromatic N) is 3. The second-order valence-corrected chi connectivity index (χ2v) is 6.13. The van der Waals surface area contributed by atoms with Crippen LogP contribution in [0.15, 0.2) is 60.9 Å². The maximum absolute atomic E-state index is 12.6. The summed E-state index contributed by atoms with van der Waals surface area (Å²) in [7, 11) is 3.41. The Labute approximate surface area is 152 Å². The van der Waals surface area contributed by atoms with Crippen LogP contribution in [0.5, 0.6) is 0 Å². The summed E-state index contributed by atoms with van der Waals surface area (Å²) in [6.07, 6.45) is 3.54. The lowest BCUT2D eigenvalue weighted by atomic mass is 10.1. The summed E-state index contributed by atoms with van der Waals surface area (Å²) < 4.78 is 1.72. The van der Waals surface area contributed by atoms with Crippen molar-refractivity contribution < 1.29 is 9.59 Å². The van der Waals surface area contributed by atoms with Crippen molar-refractivity contribution in [2.75, 3.05) is 19.4 Å². The molecule has 6 heteroatoms. The number of carbonyl (C=O) groups excluding carboxylic acids is 2. The Morgan fingerprint density at radius 1 is 1.04 bits per heavy atom. The lowest BCUT2D eigenvalue weighted by Crippen LogP contribution is -2.23. The monoisotopic (exact) mass is 348 g/mol. The second kappa shape index (κ2) is 7.23. The normalized spacial score (nSPS) is 10.4. The molecular formula is C20H20N4O2. The molecule has 0 aliphatic rings. The summed E-state index contributed by atoms with van der Waals surface area (Å²) in [4.78, 5) is 26.3. The molecule has 0 aliphatic carbocycles. The molecule has 0 saturated carbocycles. The van der Waals surface area contributed by atoms with Crippen LogP contribution in [0.4, 0.5) is 5.69 Å². The minimum atomic E-state index is -0.227. The Hall–Kier alpha value is -3.41. The second-order valence-electron chi connectivity index (χ2n) is 6.13. The van der Waals surface area contributed by atoms with Gasteiger partial charge in [0.2, 0.25) is 0 Å². The Kier molecular flexibility index (Phi) is 4.84. The van der Waals surface area contributed by atoms with Crippen molar-refractivity contribution in [2.24, 2.45) is 0 Å². The quantitative estimate of drug-likeness (QED) is 0.788. The Bertz CT molecular complexity index is 929. The largest absolute Gasteiger partial charge is 0.345 e. The van der Waals surface area contributed by atoms with Gasteiger partial charge in [-0.1, -0.05) is 6.07 Å². The molecule has 26 heavy (non-hydrogen) atoms. The van der Waals surface area contributed by atoms with Crippen molar-refractivity contribution >= 4 is 17.5 Å². The van der Waals surface area contributed by atoms with Crippen LogP contribution in [0.3, 0.4) is 0 Å². The third-order valence-corrected chi connectivity index (χ3v) is 4.12. The Morgan fingerprint density at radius 3 is 2.38 bits per heavy atom. The zero-order valence-electron chi connectivity index (χ0n) is 14.9. The van der Waals surface area contributed by atoms with Gasteiger partial charge in [-0.2, -0.15) is 5.10 Å². The first-order chi connectivity index (χ1) is 12.5. The highest BCUT2D eigenvalue weighted by molar-refractivity contribution is 6.06. The summed E-state index contributed by atoms with van der Waals surface area (Å²) in [6.45, 7) is 1.83. The van der Waals surface area contributed by atoms with Crippen LogP contribution in [0.2, 0.25) is 0 Å². The number of rotatable bonds is 4. The summed E-state index contributed by atoms with van der Waals surface area (Å²) >= 11 is 0. The molecule has 0 atom stereocenters. The first-order valence-corrected chi connectivity index (χ1v) is 8.20. The molecule has 0 radical (unpaired) electrons. The highest BCUT2D eigenvalue weighted by Crippen LogP contribution is 2.21.